The Hall–Kier alpha value is 0.444. The molecule has 0 saturated heterocycles. The molecule has 0 rings (SSSR count). The van der Waals surface area contributed by atoms with Crippen molar-refractivity contribution < 1.29 is 32.9 Å². The fraction of sp³-hybridized carbons (Fsp3) is 0. The molecule has 0 spiro atoms. The first-order chi connectivity index (χ1) is 3.71. The van der Waals surface area contributed by atoms with Crippen molar-refractivity contribution in [2.24, 2.45) is 0 Å². The third-order valence-corrected chi connectivity index (χ3v) is 2.46. The average Bonchev–Trinajstić information content (AvgIpc) is 1.14. The maximum Gasteiger partial charge on any atom is 0.665 e. The van der Waals surface area contributed by atoms with Crippen LogP contribution in [0.1, 0.15) is 0 Å². The smallest absolute Gasteiger partial charge is 0.368 e. The monoisotopic (exact) mass is 210 g/mol. The van der Waals surface area contributed by atoms with E-state index < -0.39 is 18.1 Å². The van der Waals surface area contributed by atoms with Gasteiger partial charge >= 0.3 is 18.1 Å². The lowest BCUT2D eigenvalue weighted by molar-refractivity contribution is 0.0406. The lowest BCUT2D eigenvalue weighted by atomic mass is 15.6. The fourth-order valence-corrected chi connectivity index (χ4v) is 1.65. The van der Waals surface area contributed by atoms with Gasteiger partial charge in [-0.2, -0.15) is 0 Å². The van der Waals surface area contributed by atoms with Gasteiger partial charge in [-0.05, 0) is 0 Å². The zero-order chi connectivity index (χ0) is 7.71. The minimum Gasteiger partial charge on any atom is -0.368 e. The van der Waals surface area contributed by atoms with Crippen molar-refractivity contribution in [1.29, 1.82) is 0 Å². The Morgan fingerprint density at radius 1 is 0.700 bits per heavy atom. The van der Waals surface area contributed by atoms with E-state index in [1.165, 1.54) is 0 Å². The zero-order valence-electron chi connectivity index (χ0n) is 4.50. The number of hydrogen-bond acceptors (Lipinski definition) is 7. The molecule has 0 radical (unpaired) electrons. The van der Waals surface area contributed by atoms with Crippen molar-refractivity contribution in [3.63, 3.8) is 0 Å². The van der Waals surface area contributed by atoms with Crippen LogP contribution in [0.25, 0.3) is 0 Å². The van der Waals surface area contributed by atoms with Crippen LogP contribution in [0, 0.1) is 0 Å². The molecule has 0 bridgehead atoms. The number of halogens is 1. The number of hydrogen-bond donors (Lipinski definition) is 6. The molecule has 0 atom stereocenters. The van der Waals surface area contributed by atoms with Gasteiger partial charge in [0.15, 0.2) is 0 Å². The van der Waals surface area contributed by atoms with Crippen molar-refractivity contribution in [2.45, 2.75) is 0 Å². The van der Waals surface area contributed by atoms with E-state index in [0.717, 1.165) is 0 Å². The van der Waals surface area contributed by atoms with Gasteiger partial charge in [0.05, 0.1) is 0 Å². The predicted octanol–water partition coefficient (Wildman–Crippen LogP) is -3.75. The first-order valence-electron chi connectivity index (χ1n) is 1.75. The van der Waals surface area contributed by atoms with E-state index in [1.807, 2.05) is 0 Å². The van der Waals surface area contributed by atoms with Gasteiger partial charge in [-0.3, -0.25) is 0 Å². The van der Waals surface area contributed by atoms with E-state index in [-0.39, 0.29) is 12.4 Å². The summed E-state index contributed by atoms with van der Waals surface area (Å²) >= 11 is 0. The van der Waals surface area contributed by atoms with Crippen LogP contribution in [0.2, 0.25) is 0 Å². The first kappa shape index (κ1) is 13.1. The maximum absolute atomic E-state index is 7.94. The highest BCUT2D eigenvalue weighted by atomic mass is 35.5. The number of rotatable bonds is 2. The van der Waals surface area contributed by atoms with Crippen molar-refractivity contribution in [1.82, 2.24) is 0 Å². The van der Waals surface area contributed by atoms with Crippen LogP contribution in [0.4, 0.5) is 0 Å². The minimum atomic E-state index is -4.98. The molecule has 0 aromatic carbocycles. The highest BCUT2D eigenvalue weighted by Crippen LogP contribution is 1.95. The summed E-state index contributed by atoms with van der Waals surface area (Å²) in [5, 5.41) is 0. The largest absolute Gasteiger partial charge is 0.665 e. The molecular weight excluding hydrogens is 204 g/mol. The van der Waals surface area contributed by atoms with Crippen molar-refractivity contribution in [3.05, 3.63) is 0 Å². The van der Waals surface area contributed by atoms with E-state index in [4.69, 9.17) is 28.8 Å². The maximum atomic E-state index is 7.94. The second kappa shape index (κ2) is 3.73. The Kier molecular flexibility index (Phi) is 4.87. The molecule has 0 aromatic heterocycles. The second-order valence-electron chi connectivity index (χ2n) is 1.25. The van der Waals surface area contributed by atoms with Crippen LogP contribution in [-0.4, -0.2) is 46.9 Å². The first-order valence-corrected chi connectivity index (χ1v) is 5.25. The molecule has 0 fully saturated rings. The topological polar surface area (TPSA) is 131 Å². The molecule has 0 heterocycles. The van der Waals surface area contributed by atoms with E-state index in [2.05, 4.69) is 4.12 Å². The molecule has 0 unspecified atom stereocenters. The normalized spacial score (nSPS) is 12.6. The van der Waals surface area contributed by atoms with Gasteiger partial charge in [0.1, 0.15) is 0 Å². The summed E-state index contributed by atoms with van der Waals surface area (Å²) < 4.78 is 3.24. The SMILES string of the molecule is Cl.O[Si](O)(O)O[Si](O)(O)O. The lowest BCUT2D eigenvalue weighted by Crippen LogP contribution is -2.53. The highest BCUT2D eigenvalue weighted by molar-refractivity contribution is 6.63. The molecule has 0 amide bonds. The van der Waals surface area contributed by atoms with Crippen molar-refractivity contribution >= 4 is 30.5 Å². The molecule has 0 aromatic rings. The van der Waals surface area contributed by atoms with Crippen LogP contribution < -0.4 is 0 Å². The molecule has 0 saturated carbocycles. The molecule has 7 nitrogen and oxygen atoms in total. The van der Waals surface area contributed by atoms with Crippen LogP contribution in [0.5, 0.6) is 0 Å². The second-order valence-corrected chi connectivity index (χ2v) is 4.36. The summed E-state index contributed by atoms with van der Waals surface area (Å²) in [6.07, 6.45) is 0. The van der Waals surface area contributed by atoms with E-state index in [9.17, 15) is 0 Å². The van der Waals surface area contributed by atoms with Crippen molar-refractivity contribution in [3.8, 4) is 0 Å². The molecule has 0 aliphatic carbocycles. The average molecular weight is 211 g/mol. The quantitative estimate of drug-likeness (QED) is 0.258. The van der Waals surface area contributed by atoms with E-state index in [1.54, 1.807) is 0 Å². The molecule has 0 aliphatic rings. The summed E-state index contributed by atoms with van der Waals surface area (Å²) in [6.45, 7) is 0. The Morgan fingerprint density at radius 2 is 0.900 bits per heavy atom. The lowest BCUT2D eigenvalue weighted by Gasteiger charge is -2.13. The van der Waals surface area contributed by atoms with Gasteiger partial charge in [0.2, 0.25) is 0 Å². The van der Waals surface area contributed by atoms with Crippen LogP contribution in [0.3, 0.4) is 0 Å². The van der Waals surface area contributed by atoms with Gasteiger partial charge in [-0.15, -0.1) is 12.4 Å². The summed E-state index contributed by atoms with van der Waals surface area (Å²) in [7, 11) is -9.96. The predicted molar refractivity (Wildman–Crippen MR) is 33.2 cm³/mol. The molecular formula is H7ClO7Si2. The molecule has 64 valence electrons. The van der Waals surface area contributed by atoms with Crippen LogP contribution >= 0.6 is 12.4 Å². The molecule has 0 aliphatic heterocycles. The molecule has 10 heavy (non-hydrogen) atoms. The van der Waals surface area contributed by atoms with E-state index >= 15 is 0 Å². The van der Waals surface area contributed by atoms with Gasteiger partial charge < -0.3 is 32.9 Å². The van der Waals surface area contributed by atoms with Crippen LogP contribution in [0.15, 0.2) is 0 Å². The minimum absolute atomic E-state index is 0. The summed E-state index contributed by atoms with van der Waals surface area (Å²) in [6, 6.07) is 0. The van der Waals surface area contributed by atoms with Gasteiger partial charge in [-0.1, -0.05) is 0 Å². The van der Waals surface area contributed by atoms with Gasteiger partial charge in [-0.25, -0.2) is 0 Å². The Bertz CT molecular complexity index is 76.8. The van der Waals surface area contributed by atoms with E-state index in [0.29, 0.717) is 0 Å². The molecule has 10 heteroatoms. The summed E-state index contributed by atoms with van der Waals surface area (Å²) in [4.78, 5) is 47.6. The third-order valence-electron chi connectivity index (χ3n) is 0.274. The van der Waals surface area contributed by atoms with Gasteiger partial charge in [0.25, 0.3) is 0 Å². The summed E-state index contributed by atoms with van der Waals surface area (Å²) in [5.41, 5.74) is 0. The van der Waals surface area contributed by atoms with Crippen molar-refractivity contribution in [2.75, 3.05) is 0 Å². The fourth-order valence-electron chi connectivity index (χ4n) is 0.184. The van der Waals surface area contributed by atoms with Crippen LogP contribution in [-0.2, 0) is 4.12 Å². The highest BCUT2D eigenvalue weighted by Gasteiger charge is 2.45. The Morgan fingerprint density at radius 3 is 0.900 bits per heavy atom. The zero-order valence-corrected chi connectivity index (χ0v) is 7.32. The Labute approximate surface area is 64.2 Å². The third kappa shape index (κ3) is 11.3. The summed E-state index contributed by atoms with van der Waals surface area (Å²) in [5.74, 6) is 0. The molecule has 6 N–H and O–H groups in total. The standard InChI is InChI=1S/ClH.H6O7Si2/c;1-8(2,3)7-9(4,5)6/h1H;1-6H. The van der Waals surface area contributed by atoms with Gasteiger partial charge in [0, 0.05) is 0 Å². The Balaban J connectivity index is 0.